The van der Waals surface area contributed by atoms with Gasteiger partial charge in [-0.1, -0.05) is 12.1 Å². The van der Waals surface area contributed by atoms with Crippen LogP contribution >= 0.6 is 0 Å². The molecule has 3 heterocycles. The molecule has 2 aliphatic rings. The molecule has 1 aromatic carbocycles. The summed E-state index contributed by atoms with van der Waals surface area (Å²) in [6.45, 7) is 4.12. The van der Waals surface area contributed by atoms with Gasteiger partial charge in [0.2, 0.25) is 5.91 Å². The Bertz CT molecular complexity index is 841. The highest BCUT2D eigenvalue weighted by Crippen LogP contribution is 2.42. The zero-order valence-electron chi connectivity index (χ0n) is 14.7. The summed E-state index contributed by atoms with van der Waals surface area (Å²) in [5, 5.41) is 0. The number of likely N-dealkylation sites (tertiary alicyclic amines) is 1. The van der Waals surface area contributed by atoms with E-state index in [9.17, 15) is 9.59 Å². The fourth-order valence-corrected chi connectivity index (χ4v) is 4.15. The van der Waals surface area contributed by atoms with Crippen LogP contribution < -0.4 is 4.90 Å². The molecule has 130 valence electrons. The Hall–Kier alpha value is -2.56. The van der Waals surface area contributed by atoms with Crippen molar-refractivity contribution in [1.82, 2.24) is 9.47 Å². The molecule has 2 aromatic rings. The first kappa shape index (κ1) is 15.9. The van der Waals surface area contributed by atoms with Crippen molar-refractivity contribution in [3.05, 3.63) is 53.9 Å². The quantitative estimate of drug-likeness (QED) is 0.846. The van der Waals surface area contributed by atoms with Gasteiger partial charge >= 0.3 is 0 Å². The zero-order valence-corrected chi connectivity index (χ0v) is 14.7. The number of rotatable bonds is 2. The molecule has 5 nitrogen and oxygen atoms in total. The van der Waals surface area contributed by atoms with E-state index >= 15 is 0 Å². The topological polar surface area (TPSA) is 45.5 Å². The van der Waals surface area contributed by atoms with Crippen molar-refractivity contribution in [3.63, 3.8) is 0 Å². The molecule has 0 radical (unpaired) electrons. The molecule has 25 heavy (non-hydrogen) atoms. The fraction of sp³-hybridized carbons (Fsp3) is 0.400. The minimum atomic E-state index is -0.109. The maximum Gasteiger partial charge on any atom is 0.270 e. The summed E-state index contributed by atoms with van der Waals surface area (Å²) >= 11 is 0. The number of amides is 2. The number of anilines is 1. The number of hydrogen-bond donors (Lipinski definition) is 0. The molecule has 0 saturated carbocycles. The summed E-state index contributed by atoms with van der Waals surface area (Å²) in [7, 11) is 1.89. The average molecular weight is 337 g/mol. The molecule has 2 fully saturated rings. The van der Waals surface area contributed by atoms with E-state index in [4.69, 9.17) is 0 Å². The molecular formula is C20H23N3O2. The molecule has 0 bridgehead atoms. The molecule has 2 saturated heterocycles. The highest BCUT2D eigenvalue weighted by Gasteiger charge is 2.49. The van der Waals surface area contributed by atoms with Crippen LogP contribution in [0.15, 0.2) is 42.6 Å². The fourth-order valence-electron chi connectivity index (χ4n) is 4.15. The monoisotopic (exact) mass is 337 g/mol. The second kappa shape index (κ2) is 5.76. The SMILES string of the molecule is Cc1cccc(N2CC3(CCN(C(=O)c4cccn4C)C3)CC2=O)c1. The van der Waals surface area contributed by atoms with E-state index in [-0.39, 0.29) is 17.2 Å². The maximum absolute atomic E-state index is 12.8. The molecule has 0 aliphatic carbocycles. The van der Waals surface area contributed by atoms with Gasteiger partial charge in [0.25, 0.3) is 5.91 Å². The Morgan fingerprint density at radius 2 is 2.00 bits per heavy atom. The molecule has 2 amide bonds. The van der Waals surface area contributed by atoms with Crippen LogP contribution in [-0.2, 0) is 11.8 Å². The highest BCUT2D eigenvalue weighted by atomic mass is 16.2. The Morgan fingerprint density at radius 3 is 2.72 bits per heavy atom. The summed E-state index contributed by atoms with van der Waals surface area (Å²) in [5.41, 5.74) is 2.71. The van der Waals surface area contributed by atoms with E-state index < -0.39 is 0 Å². The summed E-state index contributed by atoms with van der Waals surface area (Å²) in [6, 6.07) is 11.8. The van der Waals surface area contributed by atoms with Crippen LogP contribution in [-0.4, -0.2) is 40.9 Å². The van der Waals surface area contributed by atoms with Gasteiger partial charge in [-0.2, -0.15) is 0 Å². The highest BCUT2D eigenvalue weighted by molar-refractivity contribution is 5.97. The van der Waals surface area contributed by atoms with Crippen LogP contribution in [0.4, 0.5) is 5.69 Å². The minimum absolute atomic E-state index is 0.0610. The number of nitrogens with zero attached hydrogens (tertiary/aromatic N) is 3. The van der Waals surface area contributed by atoms with E-state index in [1.807, 2.05) is 64.9 Å². The second-order valence-corrected chi connectivity index (χ2v) is 7.48. The van der Waals surface area contributed by atoms with Crippen molar-refractivity contribution < 1.29 is 9.59 Å². The van der Waals surface area contributed by atoms with Crippen LogP contribution in [0.25, 0.3) is 0 Å². The van der Waals surface area contributed by atoms with E-state index in [0.29, 0.717) is 25.2 Å². The number of aromatic nitrogens is 1. The molecule has 5 heteroatoms. The lowest BCUT2D eigenvalue weighted by Gasteiger charge is -2.24. The Morgan fingerprint density at radius 1 is 1.16 bits per heavy atom. The number of aryl methyl sites for hydroxylation is 2. The van der Waals surface area contributed by atoms with Crippen molar-refractivity contribution in [2.45, 2.75) is 19.8 Å². The largest absolute Gasteiger partial charge is 0.347 e. The van der Waals surface area contributed by atoms with Crippen molar-refractivity contribution >= 4 is 17.5 Å². The molecule has 1 unspecified atom stereocenters. The van der Waals surface area contributed by atoms with Gasteiger partial charge in [0, 0.05) is 50.4 Å². The first-order chi connectivity index (χ1) is 12.0. The molecular weight excluding hydrogens is 314 g/mol. The van der Waals surface area contributed by atoms with E-state index in [1.54, 1.807) is 0 Å². The summed E-state index contributed by atoms with van der Waals surface area (Å²) < 4.78 is 1.85. The Kier molecular flexibility index (Phi) is 3.67. The standard InChI is InChI=1S/C20H23N3O2/c1-15-5-3-6-16(11-15)23-14-20(12-18(23)24)8-10-22(13-20)19(25)17-7-4-9-21(17)2/h3-7,9,11H,8,10,12-14H2,1-2H3. The van der Waals surface area contributed by atoms with Crippen molar-refractivity contribution in [2.75, 3.05) is 24.5 Å². The van der Waals surface area contributed by atoms with Gasteiger partial charge in [-0.3, -0.25) is 9.59 Å². The lowest BCUT2D eigenvalue weighted by molar-refractivity contribution is -0.117. The van der Waals surface area contributed by atoms with E-state index in [1.165, 1.54) is 0 Å². The maximum atomic E-state index is 12.8. The van der Waals surface area contributed by atoms with Gasteiger partial charge < -0.3 is 14.4 Å². The van der Waals surface area contributed by atoms with Gasteiger partial charge in [0.1, 0.15) is 5.69 Å². The normalized spacial score (nSPS) is 23.0. The minimum Gasteiger partial charge on any atom is -0.347 e. The molecule has 0 N–H and O–H groups in total. The predicted octanol–water partition coefficient (Wildman–Crippen LogP) is 2.60. The zero-order chi connectivity index (χ0) is 17.6. The van der Waals surface area contributed by atoms with Crippen LogP contribution in [0.3, 0.4) is 0 Å². The molecule has 1 atom stereocenters. The Labute approximate surface area is 147 Å². The van der Waals surface area contributed by atoms with Gasteiger partial charge in [0.15, 0.2) is 0 Å². The molecule has 4 rings (SSSR count). The van der Waals surface area contributed by atoms with Gasteiger partial charge in [0.05, 0.1) is 0 Å². The van der Waals surface area contributed by atoms with Crippen molar-refractivity contribution in [1.29, 1.82) is 0 Å². The summed E-state index contributed by atoms with van der Waals surface area (Å²) in [6.07, 6.45) is 3.30. The number of hydrogen-bond acceptors (Lipinski definition) is 2. The van der Waals surface area contributed by atoms with Gasteiger partial charge in [-0.25, -0.2) is 0 Å². The molecule has 1 spiro atoms. The second-order valence-electron chi connectivity index (χ2n) is 7.48. The van der Waals surface area contributed by atoms with Crippen LogP contribution in [0, 0.1) is 12.3 Å². The predicted molar refractivity (Wildman–Crippen MR) is 96.5 cm³/mol. The lowest BCUT2D eigenvalue weighted by atomic mass is 9.86. The van der Waals surface area contributed by atoms with Crippen molar-refractivity contribution in [3.8, 4) is 0 Å². The Balaban J connectivity index is 1.52. The third kappa shape index (κ3) is 2.73. The van der Waals surface area contributed by atoms with Crippen molar-refractivity contribution in [2.24, 2.45) is 12.5 Å². The van der Waals surface area contributed by atoms with Crippen LogP contribution in [0.5, 0.6) is 0 Å². The van der Waals surface area contributed by atoms with E-state index in [2.05, 4.69) is 6.07 Å². The first-order valence-corrected chi connectivity index (χ1v) is 8.75. The van der Waals surface area contributed by atoms with Gasteiger partial charge in [-0.15, -0.1) is 0 Å². The third-order valence-electron chi connectivity index (χ3n) is 5.52. The smallest absolute Gasteiger partial charge is 0.270 e. The molecule has 2 aliphatic heterocycles. The third-order valence-corrected chi connectivity index (χ3v) is 5.52. The lowest BCUT2D eigenvalue weighted by Crippen LogP contribution is -2.34. The summed E-state index contributed by atoms with van der Waals surface area (Å²) in [4.78, 5) is 29.2. The molecule has 1 aromatic heterocycles. The van der Waals surface area contributed by atoms with E-state index in [0.717, 1.165) is 24.2 Å². The van der Waals surface area contributed by atoms with Gasteiger partial charge in [-0.05, 0) is 43.2 Å². The van der Waals surface area contributed by atoms with Crippen LogP contribution in [0.1, 0.15) is 28.9 Å². The average Bonchev–Trinajstić information content (AvgIpc) is 3.27. The number of carbonyl (C=O) groups excluding carboxylic acids is 2. The first-order valence-electron chi connectivity index (χ1n) is 8.75. The number of benzene rings is 1. The summed E-state index contributed by atoms with van der Waals surface area (Å²) in [5.74, 6) is 0.226. The van der Waals surface area contributed by atoms with Crippen LogP contribution in [0.2, 0.25) is 0 Å². The number of carbonyl (C=O) groups is 2.